The van der Waals surface area contributed by atoms with Gasteiger partial charge < -0.3 is 20.3 Å². The van der Waals surface area contributed by atoms with Crippen LogP contribution in [0.1, 0.15) is 37.2 Å². The Labute approximate surface area is 188 Å². The molecule has 2 aromatic rings. The number of nitrogens with zero attached hydrogens (tertiary/aromatic N) is 2. The van der Waals surface area contributed by atoms with E-state index in [-0.39, 0.29) is 18.0 Å². The Morgan fingerprint density at radius 3 is 2.56 bits per heavy atom. The van der Waals surface area contributed by atoms with Gasteiger partial charge in [0.2, 0.25) is 0 Å². The van der Waals surface area contributed by atoms with Crippen LogP contribution in [-0.4, -0.2) is 61.2 Å². The average Bonchev–Trinajstić information content (AvgIpc) is 3.33. The molecule has 0 aliphatic carbocycles. The van der Waals surface area contributed by atoms with Gasteiger partial charge >= 0.3 is 6.03 Å². The van der Waals surface area contributed by atoms with Crippen LogP contribution < -0.4 is 15.4 Å². The van der Waals surface area contributed by atoms with E-state index in [1.165, 1.54) is 38.1 Å². The standard InChI is InChI=1S/C25H31FN4O2/c26-20-5-3-18(4-6-20)19-9-13-30(14-10-19)25(31)28-21-7-8-24-23(15-21)27-16-22(32-24)17-29-11-1-2-12-29/h3-8,15,19,22,27H,1-2,9-14,16-17H2,(H,28,31). The fraction of sp³-hybridized carbons (Fsp3) is 0.480. The summed E-state index contributed by atoms with van der Waals surface area (Å²) in [5.74, 6) is 1.01. The summed E-state index contributed by atoms with van der Waals surface area (Å²) in [5.41, 5.74) is 2.84. The molecule has 0 radical (unpaired) electrons. The molecule has 0 bridgehead atoms. The minimum Gasteiger partial charge on any atom is -0.485 e. The van der Waals surface area contributed by atoms with Gasteiger partial charge in [-0.05, 0) is 80.6 Å². The van der Waals surface area contributed by atoms with Crippen LogP contribution in [0, 0.1) is 5.82 Å². The highest BCUT2D eigenvalue weighted by Gasteiger charge is 2.26. The molecule has 5 rings (SSSR count). The number of amides is 2. The minimum absolute atomic E-state index is 0.0776. The molecule has 1 unspecified atom stereocenters. The SMILES string of the molecule is O=C(Nc1ccc2c(c1)NCC(CN1CCCC1)O2)N1CCC(c2ccc(F)cc2)CC1. The maximum absolute atomic E-state index is 13.2. The van der Waals surface area contributed by atoms with Gasteiger partial charge in [0.1, 0.15) is 17.7 Å². The zero-order valence-corrected chi connectivity index (χ0v) is 18.4. The number of fused-ring (bicyclic) bond motifs is 1. The van der Waals surface area contributed by atoms with Gasteiger partial charge in [-0.1, -0.05) is 12.1 Å². The van der Waals surface area contributed by atoms with Crippen molar-refractivity contribution < 1.29 is 13.9 Å². The van der Waals surface area contributed by atoms with Crippen LogP contribution in [-0.2, 0) is 0 Å². The Bertz CT molecular complexity index is 937. The van der Waals surface area contributed by atoms with Gasteiger partial charge in [0.15, 0.2) is 0 Å². The number of halogens is 1. The number of carbonyl (C=O) groups is 1. The van der Waals surface area contributed by atoms with Gasteiger partial charge in [-0.3, -0.25) is 4.90 Å². The van der Waals surface area contributed by atoms with Crippen LogP contribution in [0.25, 0.3) is 0 Å². The molecule has 7 heteroatoms. The zero-order chi connectivity index (χ0) is 21.9. The smallest absolute Gasteiger partial charge is 0.321 e. The van der Waals surface area contributed by atoms with E-state index >= 15 is 0 Å². The van der Waals surface area contributed by atoms with Crippen molar-refractivity contribution in [2.75, 3.05) is 49.9 Å². The predicted molar refractivity (Wildman–Crippen MR) is 124 cm³/mol. The predicted octanol–water partition coefficient (Wildman–Crippen LogP) is 4.51. The molecule has 3 aliphatic heterocycles. The maximum atomic E-state index is 13.2. The number of likely N-dealkylation sites (tertiary alicyclic amines) is 2. The molecule has 2 saturated heterocycles. The number of nitrogens with one attached hydrogen (secondary N) is 2. The zero-order valence-electron chi connectivity index (χ0n) is 18.4. The first kappa shape index (κ1) is 21.1. The number of rotatable bonds is 4. The molecule has 2 fully saturated rings. The summed E-state index contributed by atoms with van der Waals surface area (Å²) < 4.78 is 19.3. The van der Waals surface area contributed by atoms with Gasteiger partial charge in [-0.15, -0.1) is 0 Å². The number of hydrogen-bond donors (Lipinski definition) is 2. The van der Waals surface area contributed by atoms with Gasteiger partial charge in [-0.2, -0.15) is 0 Å². The van der Waals surface area contributed by atoms with Crippen LogP contribution in [0.15, 0.2) is 42.5 Å². The fourth-order valence-corrected chi connectivity index (χ4v) is 5.00. The summed E-state index contributed by atoms with van der Waals surface area (Å²) in [7, 11) is 0. The number of carbonyl (C=O) groups excluding carboxylic acids is 1. The lowest BCUT2D eigenvalue weighted by atomic mass is 9.89. The minimum atomic E-state index is -0.211. The van der Waals surface area contributed by atoms with Gasteiger partial charge in [0, 0.05) is 25.3 Å². The highest BCUT2D eigenvalue weighted by molar-refractivity contribution is 5.90. The Balaban J connectivity index is 1.13. The van der Waals surface area contributed by atoms with Crippen molar-refractivity contribution in [1.29, 1.82) is 0 Å². The summed E-state index contributed by atoms with van der Waals surface area (Å²) in [6.07, 6.45) is 4.49. The molecule has 2 aromatic carbocycles. The van der Waals surface area contributed by atoms with Crippen molar-refractivity contribution >= 4 is 17.4 Å². The number of piperidine rings is 1. The van der Waals surface area contributed by atoms with E-state index in [0.717, 1.165) is 48.6 Å². The lowest BCUT2D eigenvalue weighted by molar-refractivity contribution is 0.151. The van der Waals surface area contributed by atoms with Crippen LogP contribution in [0.4, 0.5) is 20.6 Å². The Morgan fingerprint density at radius 2 is 1.81 bits per heavy atom. The number of urea groups is 1. The highest BCUT2D eigenvalue weighted by Crippen LogP contribution is 2.33. The Kier molecular flexibility index (Phi) is 6.17. The van der Waals surface area contributed by atoms with Crippen LogP contribution in [0.3, 0.4) is 0 Å². The molecule has 170 valence electrons. The summed E-state index contributed by atoms with van der Waals surface area (Å²) in [6.45, 7) is 5.45. The van der Waals surface area contributed by atoms with E-state index in [9.17, 15) is 9.18 Å². The third-order valence-electron chi connectivity index (χ3n) is 6.83. The van der Waals surface area contributed by atoms with Crippen LogP contribution >= 0.6 is 0 Å². The summed E-state index contributed by atoms with van der Waals surface area (Å²) >= 11 is 0. The number of anilines is 2. The molecule has 2 amide bonds. The maximum Gasteiger partial charge on any atom is 0.321 e. The lowest BCUT2D eigenvalue weighted by Gasteiger charge is -2.32. The van der Waals surface area contributed by atoms with E-state index in [0.29, 0.717) is 19.0 Å². The van der Waals surface area contributed by atoms with Gasteiger partial charge in [0.05, 0.1) is 12.2 Å². The van der Waals surface area contributed by atoms with Crippen LogP contribution in [0.5, 0.6) is 5.75 Å². The van der Waals surface area contributed by atoms with E-state index < -0.39 is 0 Å². The van der Waals surface area contributed by atoms with E-state index in [4.69, 9.17) is 4.74 Å². The second-order valence-corrected chi connectivity index (χ2v) is 9.08. The summed E-state index contributed by atoms with van der Waals surface area (Å²) in [5, 5.41) is 6.49. The molecular formula is C25H31FN4O2. The van der Waals surface area contributed by atoms with Gasteiger partial charge in [-0.25, -0.2) is 9.18 Å². The molecular weight excluding hydrogens is 407 g/mol. The first-order chi connectivity index (χ1) is 15.6. The fourth-order valence-electron chi connectivity index (χ4n) is 5.00. The molecule has 0 aromatic heterocycles. The van der Waals surface area contributed by atoms with E-state index in [1.807, 2.05) is 35.2 Å². The molecule has 2 N–H and O–H groups in total. The largest absolute Gasteiger partial charge is 0.485 e. The second kappa shape index (κ2) is 9.36. The first-order valence-electron chi connectivity index (χ1n) is 11.7. The van der Waals surface area contributed by atoms with Crippen molar-refractivity contribution in [3.8, 4) is 5.75 Å². The molecule has 32 heavy (non-hydrogen) atoms. The summed E-state index contributed by atoms with van der Waals surface area (Å²) in [6, 6.07) is 12.4. The molecule has 3 heterocycles. The molecule has 0 spiro atoms. The third-order valence-corrected chi connectivity index (χ3v) is 6.83. The topological polar surface area (TPSA) is 56.8 Å². The molecule has 1 atom stereocenters. The van der Waals surface area contributed by atoms with Crippen molar-refractivity contribution in [1.82, 2.24) is 9.80 Å². The lowest BCUT2D eigenvalue weighted by Crippen LogP contribution is -2.41. The van der Waals surface area contributed by atoms with E-state index in [2.05, 4.69) is 15.5 Å². The van der Waals surface area contributed by atoms with Crippen molar-refractivity contribution in [3.05, 3.63) is 53.8 Å². The van der Waals surface area contributed by atoms with Crippen molar-refractivity contribution in [2.24, 2.45) is 0 Å². The number of hydrogen-bond acceptors (Lipinski definition) is 4. The van der Waals surface area contributed by atoms with E-state index in [1.54, 1.807) is 0 Å². The highest BCUT2D eigenvalue weighted by atomic mass is 19.1. The third kappa shape index (κ3) is 4.83. The average molecular weight is 439 g/mol. The van der Waals surface area contributed by atoms with Gasteiger partial charge in [0.25, 0.3) is 0 Å². The molecule has 6 nitrogen and oxygen atoms in total. The molecule has 0 saturated carbocycles. The molecule has 3 aliphatic rings. The summed E-state index contributed by atoms with van der Waals surface area (Å²) in [4.78, 5) is 17.1. The Hall–Kier alpha value is -2.80. The Morgan fingerprint density at radius 1 is 1.06 bits per heavy atom. The first-order valence-corrected chi connectivity index (χ1v) is 11.7. The number of ether oxygens (including phenoxy) is 1. The van der Waals surface area contributed by atoms with Crippen molar-refractivity contribution in [3.63, 3.8) is 0 Å². The monoisotopic (exact) mass is 438 g/mol. The number of benzene rings is 2. The quantitative estimate of drug-likeness (QED) is 0.738. The second-order valence-electron chi connectivity index (χ2n) is 9.08. The van der Waals surface area contributed by atoms with Crippen LogP contribution in [0.2, 0.25) is 0 Å². The van der Waals surface area contributed by atoms with Crippen molar-refractivity contribution in [2.45, 2.75) is 37.7 Å². The normalized spacial score (nSPS) is 21.5.